The highest BCUT2D eigenvalue weighted by atomic mass is 32.1. The lowest BCUT2D eigenvalue weighted by molar-refractivity contribution is 0.640. The molecule has 0 amide bonds. The highest BCUT2D eigenvalue weighted by Crippen LogP contribution is 2.32. The van der Waals surface area contributed by atoms with Crippen LogP contribution in [0.25, 0.3) is 21.3 Å². The number of fused-ring (bicyclic) bond motifs is 1. The van der Waals surface area contributed by atoms with Crippen LogP contribution in [0.5, 0.6) is 0 Å². The molecule has 0 unspecified atom stereocenters. The molecule has 0 radical (unpaired) electrons. The normalized spacial score (nSPS) is 11.1. The summed E-state index contributed by atoms with van der Waals surface area (Å²) in [5.41, 5.74) is 2.14. The van der Waals surface area contributed by atoms with Gasteiger partial charge in [0.05, 0.1) is 5.69 Å². The van der Waals surface area contributed by atoms with Gasteiger partial charge in [-0.3, -0.25) is 0 Å². The summed E-state index contributed by atoms with van der Waals surface area (Å²) in [5.74, 6) is -0.176. The fourth-order valence-electron chi connectivity index (χ4n) is 2.25. The van der Waals surface area contributed by atoms with Crippen LogP contribution in [0.2, 0.25) is 0 Å². The van der Waals surface area contributed by atoms with E-state index in [1.54, 1.807) is 11.3 Å². The van der Waals surface area contributed by atoms with Gasteiger partial charge >= 0.3 is 0 Å². The Morgan fingerprint density at radius 3 is 2.68 bits per heavy atom. The third-order valence-corrected chi connectivity index (χ3v) is 4.08. The first-order chi connectivity index (χ1) is 9.29. The van der Waals surface area contributed by atoms with Gasteiger partial charge in [0.15, 0.2) is 0 Å². The summed E-state index contributed by atoms with van der Waals surface area (Å²) in [6.07, 6.45) is 2.09. The molecule has 1 aromatic heterocycles. The summed E-state index contributed by atoms with van der Waals surface area (Å²) < 4.78 is 13.8. The number of hydrogen-bond acceptors (Lipinski definition) is 2. The van der Waals surface area contributed by atoms with Crippen LogP contribution in [0.3, 0.4) is 0 Å². The van der Waals surface area contributed by atoms with E-state index in [0.29, 0.717) is 5.39 Å². The van der Waals surface area contributed by atoms with Gasteiger partial charge < -0.3 is 0 Å². The Labute approximate surface area is 115 Å². The zero-order valence-corrected chi connectivity index (χ0v) is 11.5. The van der Waals surface area contributed by atoms with E-state index in [4.69, 9.17) is 0 Å². The van der Waals surface area contributed by atoms with Gasteiger partial charge in [0, 0.05) is 16.3 Å². The first kappa shape index (κ1) is 12.3. The van der Waals surface area contributed by atoms with Crippen molar-refractivity contribution in [2.75, 3.05) is 0 Å². The zero-order chi connectivity index (χ0) is 13.2. The maximum Gasteiger partial charge on any atom is 0.131 e. The zero-order valence-electron chi connectivity index (χ0n) is 10.7. The van der Waals surface area contributed by atoms with Crippen molar-refractivity contribution < 1.29 is 4.39 Å². The van der Waals surface area contributed by atoms with E-state index < -0.39 is 0 Å². The predicted molar refractivity (Wildman–Crippen MR) is 79.0 cm³/mol. The minimum Gasteiger partial charge on any atom is -0.241 e. The third kappa shape index (κ3) is 2.26. The van der Waals surface area contributed by atoms with E-state index >= 15 is 0 Å². The lowest BCUT2D eigenvalue weighted by atomic mass is 10.0. The molecule has 1 nitrogen and oxygen atoms in total. The van der Waals surface area contributed by atoms with Crippen molar-refractivity contribution in [1.82, 2.24) is 4.98 Å². The fourth-order valence-corrected chi connectivity index (χ4v) is 3.14. The topological polar surface area (TPSA) is 12.9 Å². The first-order valence-corrected chi connectivity index (χ1v) is 7.29. The van der Waals surface area contributed by atoms with Crippen LogP contribution in [0.4, 0.5) is 4.39 Å². The SMILES string of the molecule is CCCc1csc(-c2ccc(F)c3ccccc23)n1. The number of aromatic nitrogens is 1. The van der Waals surface area contributed by atoms with Gasteiger partial charge in [-0.1, -0.05) is 37.6 Å². The maximum atomic E-state index is 13.8. The largest absolute Gasteiger partial charge is 0.241 e. The highest BCUT2D eigenvalue weighted by Gasteiger charge is 2.10. The number of aryl methyl sites for hydroxylation is 1. The molecule has 1 heterocycles. The average molecular weight is 271 g/mol. The predicted octanol–water partition coefficient (Wildman–Crippen LogP) is 5.05. The Balaban J connectivity index is 2.16. The lowest BCUT2D eigenvalue weighted by Gasteiger charge is -2.04. The molecule has 19 heavy (non-hydrogen) atoms. The molecule has 0 spiro atoms. The number of benzene rings is 2. The number of nitrogens with zero attached hydrogens (tertiary/aromatic N) is 1. The van der Waals surface area contributed by atoms with Crippen LogP contribution in [0, 0.1) is 5.82 Å². The van der Waals surface area contributed by atoms with Gasteiger partial charge in [0.1, 0.15) is 10.8 Å². The van der Waals surface area contributed by atoms with Gasteiger partial charge in [-0.15, -0.1) is 11.3 Å². The fraction of sp³-hybridized carbons (Fsp3) is 0.188. The van der Waals surface area contributed by atoms with Crippen molar-refractivity contribution in [1.29, 1.82) is 0 Å². The maximum absolute atomic E-state index is 13.8. The van der Waals surface area contributed by atoms with Crippen molar-refractivity contribution in [3.05, 3.63) is 53.3 Å². The summed E-state index contributed by atoms with van der Waals surface area (Å²) in [5, 5.41) is 4.66. The van der Waals surface area contributed by atoms with E-state index in [0.717, 1.165) is 34.5 Å². The second-order valence-electron chi connectivity index (χ2n) is 4.53. The molecule has 0 saturated carbocycles. The molecule has 3 aromatic rings. The first-order valence-electron chi connectivity index (χ1n) is 6.41. The molecule has 3 rings (SSSR count). The Hall–Kier alpha value is -1.74. The Kier molecular flexibility index (Phi) is 3.30. The summed E-state index contributed by atoms with van der Waals surface area (Å²) in [7, 11) is 0. The molecule has 0 fully saturated rings. The minimum atomic E-state index is -0.176. The van der Waals surface area contributed by atoms with Gasteiger partial charge in [0.2, 0.25) is 0 Å². The number of hydrogen-bond donors (Lipinski definition) is 0. The van der Waals surface area contributed by atoms with Crippen molar-refractivity contribution in [3.63, 3.8) is 0 Å². The Morgan fingerprint density at radius 1 is 1.11 bits per heavy atom. The van der Waals surface area contributed by atoms with E-state index in [9.17, 15) is 4.39 Å². The highest BCUT2D eigenvalue weighted by molar-refractivity contribution is 7.13. The molecule has 96 valence electrons. The molecular formula is C16H14FNS. The van der Waals surface area contributed by atoms with Crippen molar-refractivity contribution >= 4 is 22.1 Å². The van der Waals surface area contributed by atoms with Crippen LogP contribution in [0.15, 0.2) is 41.8 Å². The summed E-state index contributed by atoms with van der Waals surface area (Å²) >= 11 is 1.63. The van der Waals surface area contributed by atoms with E-state index in [-0.39, 0.29) is 5.82 Å². The van der Waals surface area contributed by atoms with Crippen LogP contribution < -0.4 is 0 Å². The number of halogens is 1. The molecule has 0 bridgehead atoms. The molecule has 0 N–H and O–H groups in total. The minimum absolute atomic E-state index is 0.176. The molecule has 0 aliphatic heterocycles. The summed E-state index contributed by atoms with van der Waals surface area (Å²) in [4.78, 5) is 4.65. The van der Waals surface area contributed by atoms with Gasteiger partial charge in [-0.05, 0) is 23.9 Å². The molecule has 0 aliphatic rings. The molecular weight excluding hydrogens is 257 g/mol. The molecule has 3 heteroatoms. The van der Waals surface area contributed by atoms with Crippen molar-refractivity contribution in [3.8, 4) is 10.6 Å². The number of rotatable bonds is 3. The van der Waals surface area contributed by atoms with Crippen LogP contribution >= 0.6 is 11.3 Å². The smallest absolute Gasteiger partial charge is 0.131 e. The third-order valence-electron chi connectivity index (χ3n) is 3.16. The number of thiazole rings is 1. The average Bonchev–Trinajstić information content (AvgIpc) is 2.88. The van der Waals surface area contributed by atoms with Gasteiger partial charge in [0.25, 0.3) is 0 Å². The molecule has 2 aromatic carbocycles. The van der Waals surface area contributed by atoms with E-state index in [1.807, 2.05) is 30.3 Å². The molecule has 0 saturated heterocycles. The summed E-state index contributed by atoms with van der Waals surface area (Å²) in [6.45, 7) is 2.15. The van der Waals surface area contributed by atoms with E-state index in [2.05, 4.69) is 17.3 Å². The molecule has 0 atom stereocenters. The Bertz CT molecular complexity index is 718. The standard InChI is InChI=1S/C16H14FNS/c1-2-5-11-10-19-16(18-11)14-8-9-15(17)13-7-4-3-6-12(13)14/h3-4,6-10H,2,5H2,1H3. The van der Waals surface area contributed by atoms with Gasteiger partial charge in [-0.2, -0.15) is 0 Å². The lowest BCUT2D eigenvalue weighted by Crippen LogP contribution is -1.86. The second kappa shape index (κ2) is 5.10. The monoisotopic (exact) mass is 271 g/mol. The molecule has 0 aliphatic carbocycles. The van der Waals surface area contributed by atoms with Crippen molar-refractivity contribution in [2.24, 2.45) is 0 Å². The van der Waals surface area contributed by atoms with Crippen LogP contribution in [-0.2, 0) is 6.42 Å². The summed E-state index contributed by atoms with van der Waals surface area (Å²) in [6, 6.07) is 10.9. The quantitative estimate of drug-likeness (QED) is 0.649. The second-order valence-corrected chi connectivity index (χ2v) is 5.39. The van der Waals surface area contributed by atoms with E-state index in [1.165, 1.54) is 6.07 Å². The van der Waals surface area contributed by atoms with Gasteiger partial charge in [-0.25, -0.2) is 9.37 Å². The Morgan fingerprint density at radius 2 is 1.89 bits per heavy atom. The van der Waals surface area contributed by atoms with Crippen LogP contribution in [0.1, 0.15) is 19.0 Å². The van der Waals surface area contributed by atoms with Crippen molar-refractivity contribution in [2.45, 2.75) is 19.8 Å². The van der Waals surface area contributed by atoms with Crippen LogP contribution in [-0.4, -0.2) is 4.98 Å².